The summed E-state index contributed by atoms with van der Waals surface area (Å²) in [5.74, 6) is 0.849. The Bertz CT molecular complexity index is 792. The first-order valence-corrected chi connectivity index (χ1v) is 11.1. The second kappa shape index (κ2) is 12.1. The summed E-state index contributed by atoms with van der Waals surface area (Å²) in [5, 5.41) is 10.8. The molecule has 2 aromatic rings. The molecule has 0 atom stereocenters. The topological polar surface area (TPSA) is 58.5 Å². The fourth-order valence-corrected chi connectivity index (χ4v) is 4.36. The molecule has 2 heterocycles. The number of nitrogens with zero attached hydrogens (tertiary/aromatic N) is 2. The molecule has 5 nitrogen and oxygen atoms in total. The summed E-state index contributed by atoms with van der Waals surface area (Å²) in [5.41, 5.74) is 2.35. The predicted molar refractivity (Wildman–Crippen MR) is 133 cm³/mol. The molecule has 0 saturated carbocycles. The third-order valence-electron chi connectivity index (χ3n) is 5.11. The Morgan fingerprint density at radius 1 is 1.31 bits per heavy atom. The number of halogens is 2. The summed E-state index contributed by atoms with van der Waals surface area (Å²) in [7, 11) is 0. The lowest BCUT2D eigenvalue weighted by molar-refractivity contribution is 0.0531. The molecule has 29 heavy (non-hydrogen) atoms. The van der Waals surface area contributed by atoms with Crippen LogP contribution in [0.2, 0.25) is 5.02 Å². The number of aromatic nitrogens is 1. The van der Waals surface area contributed by atoms with Gasteiger partial charge in [0.25, 0.3) is 0 Å². The minimum absolute atomic E-state index is 0. The van der Waals surface area contributed by atoms with Gasteiger partial charge in [0.1, 0.15) is 0 Å². The monoisotopic (exact) mass is 548 g/mol. The first-order valence-electron chi connectivity index (χ1n) is 9.88. The van der Waals surface area contributed by atoms with Crippen molar-refractivity contribution >= 4 is 52.9 Å². The van der Waals surface area contributed by atoms with Crippen LogP contribution in [0.4, 0.5) is 0 Å². The van der Waals surface area contributed by atoms with Gasteiger partial charge in [0.2, 0.25) is 0 Å². The highest BCUT2D eigenvalue weighted by Gasteiger charge is 2.34. The van der Waals surface area contributed by atoms with Crippen LogP contribution in [0.1, 0.15) is 36.0 Å². The van der Waals surface area contributed by atoms with Crippen molar-refractivity contribution in [2.45, 2.75) is 38.5 Å². The molecule has 0 radical (unpaired) electrons. The molecule has 3 rings (SSSR count). The number of guanidine groups is 1. The zero-order chi connectivity index (χ0) is 19.8. The van der Waals surface area contributed by atoms with Gasteiger partial charge >= 0.3 is 0 Å². The zero-order valence-electron chi connectivity index (χ0n) is 17.0. The van der Waals surface area contributed by atoms with Gasteiger partial charge in [-0.25, -0.2) is 4.98 Å². The number of aryl methyl sites for hydroxylation is 1. The van der Waals surface area contributed by atoms with Crippen molar-refractivity contribution < 1.29 is 4.74 Å². The van der Waals surface area contributed by atoms with E-state index >= 15 is 0 Å². The van der Waals surface area contributed by atoms with E-state index in [1.807, 2.05) is 19.1 Å². The van der Waals surface area contributed by atoms with Crippen molar-refractivity contribution in [2.24, 2.45) is 4.99 Å². The van der Waals surface area contributed by atoms with Crippen LogP contribution in [-0.2, 0) is 16.6 Å². The second-order valence-corrected chi connectivity index (χ2v) is 8.63. The molecule has 0 unspecified atom stereocenters. The summed E-state index contributed by atoms with van der Waals surface area (Å²) in [6.45, 7) is 7.99. The van der Waals surface area contributed by atoms with Crippen LogP contribution in [0.25, 0.3) is 0 Å². The Hall–Kier alpha value is -0.900. The lowest BCUT2D eigenvalue weighted by Crippen LogP contribution is -2.41. The molecule has 0 aliphatic carbocycles. The number of hydrogen-bond acceptors (Lipinski definition) is 4. The first kappa shape index (κ1) is 24.4. The summed E-state index contributed by atoms with van der Waals surface area (Å²) in [6.07, 6.45) is 2.80. The number of benzene rings is 1. The van der Waals surface area contributed by atoms with Crippen molar-refractivity contribution in [1.29, 1.82) is 0 Å². The van der Waals surface area contributed by atoms with E-state index in [1.54, 1.807) is 11.3 Å². The van der Waals surface area contributed by atoms with E-state index in [0.29, 0.717) is 6.54 Å². The Morgan fingerprint density at radius 2 is 2.10 bits per heavy atom. The van der Waals surface area contributed by atoms with Gasteiger partial charge in [-0.1, -0.05) is 23.7 Å². The van der Waals surface area contributed by atoms with Crippen LogP contribution < -0.4 is 10.6 Å². The lowest BCUT2D eigenvalue weighted by Gasteiger charge is -2.36. The molecule has 8 heteroatoms. The van der Waals surface area contributed by atoms with E-state index in [1.165, 1.54) is 5.56 Å². The SMILES string of the molecule is CCNC(=NCC1(c2cccc(Cl)c2)CCOCC1)NCCc1csc(C)n1.I. The fourth-order valence-electron chi connectivity index (χ4n) is 3.52. The van der Waals surface area contributed by atoms with Crippen LogP contribution in [0.15, 0.2) is 34.6 Å². The van der Waals surface area contributed by atoms with Gasteiger partial charge < -0.3 is 15.4 Å². The largest absolute Gasteiger partial charge is 0.381 e. The number of ether oxygens (including phenoxy) is 1. The molecule has 1 aromatic carbocycles. The maximum atomic E-state index is 6.27. The molecule has 0 spiro atoms. The van der Waals surface area contributed by atoms with Gasteiger partial charge in [-0.3, -0.25) is 4.99 Å². The highest BCUT2D eigenvalue weighted by molar-refractivity contribution is 14.0. The zero-order valence-corrected chi connectivity index (χ0v) is 20.9. The molecule has 1 fully saturated rings. The van der Waals surface area contributed by atoms with E-state index in [4.69, 9.17) is 21.3 Å². The van der Waals surface area contributed by atoms with Crippen LogP contribution in [-0.4, -0.2) is 43.8 Å². The van der Waals surface area contributed by atoms with Gasteiger partial charge in [0.05, 0.1) is 17.2 Å². The van der Waals surface area contributed by atoms with Crippen LogP contribution in [0.5, 0.6) is 0 Å². The van der Waals surface area contributed by atoms with Gasteiger partial charge in [-0.2, -0.15) is 0 Å². The van der Waals surface area contributed by atoms with Crippen LogP contribution in [0.3, 0.4) is 0 Å². The van der Waals surface area contributed by atoms with Gasteiger partial charge in [-0.05, 0) is 44.4 Å². The molecule has 0 bridgehead atoms. The number of hydrogen-bond donors (Lipinski definition) is 2. The van der Waals surface area contributed by atoms with Crippen molar-refractivity contribution in [1.82, 2.24) is 15.6 Å². The smallest absolute Gasteiger partial charge is 0.191 e. The normalized spacial score (nSPS) is 16.2. The summed E-state index contributed by atoms with van der Waals surface area (Å²) in [4.78, 5) is 9.45. The lowest BCUT2D eigenvalue weighted by atomic mass is 9.74. The Labute approximate surface area is 199 Å². The molecule has 1 aliphatic heterocycles. The maximum absolute atomic E-state index is 6.27. The highest BCUT2D eigenvalue weighted by Crippen LogP contribution is 2.36. The summed E-state index contributed by atoms with van der Waals surface area (Å²) in [6, 6.07) is 8.19. The molecule has 1 saturated heterocycles. The summed E-state index contributed by atoms with van der Waals surface area (Å²) >= 11 is 7.96. The molecular formula is C21H30ClIN4OS. The van der Waals surface area contributed by atoms with Crippen molar-refractivity contribution in [2.75, 3.05) is 32.8 Å². The average molecular weight is 549 g/mol. The molecule has 1 aliphatic rings. The molecule has 160 valence electrons. The number of rotatable bonds is 7. The van der Waals surface area contributed by atoms with Crippen LogP contribution >= 0.6 is 46.9 Å². The second-order valence-electron chi connectivity index (χ2n) is 7.13. The minimum atomic E-state index is -0.0302. The predicted octanol–water partition coefficient (Wildman–Crippen LogP) is 4.57. The fraction of sp³-hybridized carbons (Fsp3) is 0.524. The maximum Gasteiger partial charge on any atom is 0.191 e. The van der Waals surface area contributed by atoms with Crippen LogP contribution in [0, 0.1) is 6.92 Å². The summed E-state index contributed by atoms with van der Waals surface area (Å²) < 4.78 is 5.63. The Balaban J connectivity index is 0.00000300. The number of thiazole rings is 1. The van der Waals surface area contributed by atoms with Crippen molar-refractivity contribution in [3.63, 3.8) is 0 Å². The molecule has 1 aromatic heterocycles. The van der Waals surface area contributed by atoms with E-state index in [0.717, 1.165) is 67.2 Å². The number of nitrogens with one attached hydrogen (secondary N) is 2. The van der Waals surface area contributed by atoms with Gasteiger partial charge in [-0.15, -0.1) is 35.3 Å². The average Bonchev–Trinajstić information content (AvgIpc) is 3.12. The molecule has 0 amide bonds. The van der Waals surface area contributed by atoms with E-state index in [9.17, 15) is 0 Å². The molecule has 2 N–H and O–H groups in total. The standard InChI is InChI=1S/C21H29ClN4OS.HI/c1-3-23-20(24-10-7-19-14-28-16(2)26-19)25-15-21(8-11-27-12-9-21)17-5-4-6-18(22)13-17;/h4-6,13-14H,3,7-12,15H2,1-2H3,(H2,23,24,25);1H. The van der Waals surface area contributed by atoms with E-state index < -0.39 is 0 Å². The van der Waals surface area contributed by atoms with Crippen molar-refractivity contribution in [3.05, 3.63) is 50.9 Å². The third-order valence-corrected chi connectivity index (χ3v) is 6.17. The highest BCUT2D eigenvalue weighted by atomic mass is 127. The van der Waals surface area contributed by atoms with Gasteiger partial charge in [0.15, 0.2) is 5.96 Å². The minimum Gasteiger partial charge on any atom is -0.381 e. The van der Waals surface area contributed by atoms with Gasteiger partial charge in [0, 0.05) is 48.5 Å². The molecular weight excluding hydrogens is 519 g/mol. The third kappa shape index (κ3) is 7.08. The van der Waals surface area contributed by atoms with Crippen molar-refractivity contribution in [3.8, 4) is 0 Å². The van der Waals surface area contributed by atoms with E-state index in [-0.39, 0.29) is 29.4 Å². The first-order chi connectivity index (χ1) is 13.6. The quantitative estimate of drug-likeness (QED) is 0.302. The van der Waals surface area contributed by atoms with E-state index in [2.05, 4.69) is 40.1 Å². The number of aliphatic imine (C=N–C) groups is 1. The Kier molecular flexibility index (Phi) is 10.1. The Morgan fingerprint density at radius 3 is 2.76 bits per heavy atom.